The normalized spacial score (nSPS) is 14.4. The van der Waals surface area contributed by atoms with Crippen LogP contribution in [0.2, 0.25) is 0 Å². The molecule has 0 saturated carbocycles. The van der Waals surface area contributed by atoms with Crippen LogP contribution >= 0.6 is 0 Å². The Morgan fingerprint density at radius 2 is 1.52 bits per heavy atom. The van der Waals surface area contributed by atoms with Gasteiger partial charge in [0.2, 0.25) is 0 Å². The first-order chi connectivity index (χ1) is 10.0. The van der Waals surface area contributed by atoms with E-state index in [1.54, 1.807) is 24.3 Å². The van der Waals surface area contributed by atoms with E-state index in [0.29, 0.717) is 11.3 Å². The molecule has 0 saturated heterocycles. The van der Waals surface area contributed by atoms with E-state index in [1.165, 1.54) is 19.1 Å². The number of carbonyl (C=O) groups excluding carboxylic acids is 2. The van der Waals surface area contributed by atoms with Gasteiger partial charge in [-0.2, -0.15) is 0 Å². The number of hydrogen-bond acceptors (Lipinski definition) is 5. The van der Waals surface area contributed by atoms with Crippen LogP contribution in [-0.4, -0.2) is 28.0 Å². The smallest absolute Gasteiger partial charge is 0.198 e. The fourth-order valence-electron chi connectivity index (χ4n) is 2.55. The molecule has 2 aromatic carbocycles. The molecule has 1 unspecified atom stereocenters. The summed E-state index contributed by atoms with van der Waals surface area (Å²) in [6, 6.07) is 9.30. The molecule has 106 valence electrons. The van der Waals surface area contributed by atoms with Crippen LogP contribution in [0.3, 0.4) is 0 Å². The highest BCUT2D eigenvalue weighted by Crippen LogP contribution is 2.36. The Morgan fingerprint density at radius 1 is 0.952 bits per heavy atom. The van der Waals surface area contributed by atoms with Gasteiger partial charge in [0, 0.05) is 16.8 Å². The number of carbonyl (C=O) groups is 2. The first kappa shape index (κ1) is 13.3. The predicted molar refractivity (Wildman–Crippen MR) is 76.7 cm³/mol. The number of aliphatic hydroxyl groups excluding tert-OH is 1. The zero-order chi connectivity index (χ0) is 15.1. The topological polar surface area (TPSA) is 86.6 Å². The van der Waals surface area contributed by atoms with Crippen molar-refractivity contribution in [2.24, 2.45) is 0 Å². The molecule has 0 amide bonds. The van der Waals surface area contributed by atoms with Gasteiger partial charge in [-0.15, -0.1) is 0 Å². The summed E-state index contributed by atoms with van der Waals surface area (Å²) in [6.07, 6.45) is -0.890. The van der Waals surface area contributed by atoms with Crippen LogP contribution in [0.4, 0.5) is 5.69 Å². The van der Waals surface area contributed by atoms with Crippen LogP contribution in [0.15, 0.2) is 36.4 Å². The molecule has 0 bridgehead atoms. The molecule has 1 aliphatic carbocycles. The largest absolute Gasteiger partial charge is 0.507 e. The van der Waals surface area contributed by atoms with Crippen LogP contribution < -0.4 is 5.32 Å². The third-order valence-electron chi connectivity index (χ3n) is 3.42. The van der Waals surface area contributed by atoms with E-state index in [2.05, 4.69) is 5.32 Å². The first-order valence-corrected chi connectivity index (χ1v) is 6.49. The average Bonchev–Trinajstić information content (AvgIpc) is 2.46. The molecule has 0 aliphatic heterocycles. The Kier molecular flexibility index (Phi) is 2.99. The SMILES string of the molecule is CC(O)Nc1ccc(O)c2c1C(=O)c1ccccc1C2=O. The lowest BCUT2D eigenvalue weighted by molar-refractivity contribution is 0.0977. The zero-order valence-electron chi connectivity index (χ0n) is 11.3. The molecule has 1 aliphatic rings. The van der Waals surface area contributed by atoms with Crippen molar-refractivity contribution in [1.82, 2.24) is 0 Å². The highest BCUT2D eigenvalue weighted by Gasteiger charge is 2.33. The minimum absolute atomic E-state index is 0.0237. The van der Waals surface area contributed by atoms with E-state index in [1.807, 2.05) is 0 Å². The summed E-state index contributed by atoms with van der Waals surface area (Å²) in [5, 5.41) is 22.1. The second-order valence-corrected chi connectivity index (χ2v) is 4.91. The Bertz CT molecular complexity index is 765. The average molecular weight is 283 g/mol. The molecule has 0 spiro atoms. The monoisotopic (exact) mass is 283 g/mol. The fraction of sp³-hybridized carbons (Fsp3) is 0.125. The van der Waals surface area contributed by atoms with Crippen molar-refractivity contribution < 1.29 is 19.8 Å². The quantitative estimate of drug-likeness (QED) is 0.494. The summed E-state index contributed by atoms with van der Waals surface area (Å²) in [5.41, 5.74) is 0.975. The van der Waals surface area contributed by atoms with Gasteiger partial charge in [0.05, 0.1) is 11.1 Å². The number of phenols is 1. The lowest BCUT2D eigenvalue weighted by Crippen LogP contribution is -2.24. The Balaban J connectivity index is 2.29. The fourth-order valence-corrected chi connectivity index (χ4v) is 2.55. The summed E-state index contributed by atoms with van der Waals surface area (Å²) < 4.78 is 0. The molecular formula is C16H13NO4. The van der Waals surface area contributed by atoms with Crippen molar-refractivity contribution in [3.05, 3.63) is 58.7 Å². The van der Waals surface area contributed by atoms with Gasteiger partial charge in [0.15, 0.2) is 11.6 Å². The van der Waals surface area contributed by atoms with E-state index >= 15 is 0 Å². The van der Waals surface area contributed by atoms with Crippen molar-refractivity contribution in [1.29, 1.82) is 0 Å². The summed E-state index contributed by atoms with van der Waals surface area (Å²) in [4.78, 5) is 25.1. The number of aliphatic hydroxyl groups is 1. The van der Waals surface area contributed by atoms with Gasteiger partial charge in [-0.05, 0) is 19.1 Å². The van der Waals surface area contributed by atoms with Crippen LogP contribution in [-0.2, 0) is 0 Å². The molecule has 0 aromatic heterocycles. The number of rotatable bonds is 2. The van der Waals surface area contributed by atoms with E-state index < -0.39 is 12.0 Å². The van der Waals surface area contributed by atoms with Crippen molar-refractivity contribution in [2.75, 3.05) is 5.32 Å². The molecule has 21 heavy (non-hydrogen) atoms. The summed E-state index contributed by atoms with van der Waals surface area (Å²) >= 11 is 0. The molecule has 5 nitrogen and oxygen atoms in total. The molecule has 2 aromatic rings. The van der Waals surface area contributed by atoms with Gasteiger partial charge >= 0.3 is 0 Å². The first-order valence-electron chi connectivity index (χ1n) is 6.49. The van der Waals surface area contributed by atoms with Crippen LogP contribution in [0.1, 0.15) is 38.8 Å². The second-order valence-electron chi connectivity index (χ2n) is 4.91. The number of fused-ring (bicyclic) bond motifs is 2. The number of anilines is 1. The maximum atomic E-state index is 12.6. The predicted octanol–water partition coefficient (Wildman–Crippen LogP) is 1.92. The van der Waals surface area contributed by atoms with E-state index in [0.717, 1.165) is 0 Å². The minimum atomic E-state index is -0.890. The third-order valence-corrected chi connectivity index (χ3v) is 3.42. The number of benzene rings is 2. The molecule has 1 atom stereocenters. The minimum Gasteiger partial charge on any atom is -0.507 e. The van der Waals surface area contributed by atoms with Gasteiger partial charge in [-0.25, -0.2) is 0 Å². The Labute approximate surface area is 120 Å². The molecular weight excluding hydrogens is 270 g/mol. The summed E-state index contributed by atoms with van der Waals surface area (Å²) in [7, 11) is 0. The number of hydrogen-bond donors (Lipinski definition) is 3. The van der Waals surface area contributed by atoms with Gasteiger partial charge < -0.3 is 15.5 Å². The number of phenolic OH excluding ortho intramolecular Hbond substituents is 1. The highest BCUT2D eigenvalue weighted by atomic mass is 16.3. The van der Waals surface area contributed by atoms with Crippen LogP contribution in [0.25, 0.3) is 0 Å². The number of nitrogens with one attached hydrogen (secondary N) is 1. The van der Waals surface area contributed by atoms with Crippen LogP contribution in [0.5, 0.6) is 5.75 Å². The maximum Gasteiger partial charge on any atom is 0.198 e. The van der Waals surface area contributed by atoms with Crippen LogP contribution in [0, 0.1) is 0 Å². The molecule has 3 N–H and O–H groups in total. The summed E-state index contributed by atoms with van der Waals surface area (Å²) in [6.45, 7) is 1.50. The van der Waals surface area contributed by atoms with E-state index in [4.69, 9.17) is 0 Å². The zero-order valence-corrected chi connectivity index (χ0v) is 11.3. The van der Waals surface area contributed by atoms with Crippen molar-refractivity contribution in [3.8, 4) is 5.75 Å². The van der Waals surface area contributed by atoms with Crippen molar-refractivity contribution in [2.45, 2.75) is 13.2 Å². The lowest BCUT2D eigenvalue weighted by Gasteiger charge is -2.22. The van der Waals surface area contributed by atoms with E-state index in [-0.39, 0.29) is 28.2 Å². The Morgan fingerprint density at radius 3 is 2.10 bits per heavy atom. The molecule has 3 rings (SSSR count). The molecule has 0 fully saturated rings. The summed E-state index contributed by atoms with van der Waals surface area (Å²) in [5.74, 6) is -0.986. The van der Waals surface area contributed by atoms with Gasteiger partial charge in [0.25, 0.3) is 0 Å². The number of aromatic hydroxyl groups is 1. The van der Waals surface area contributed by atoms with Gasteiger partial charge in [-0.1, -0.05) is 24.3 Å². The third kappa shape index (κ3) is 1.98. The lowest BCUT2D eigenvalue weighted by atomic mass is 9.82. The van der Waals surface area contributed by atoms with Crippen molar-refractivity contribution in [3.63, 3.8) is 0 Å². The maximum absolute atomic E-state index is 12.6. The second kappa shape index (κ2) is 4.71. The number of ketones is 2. The van der Waals surface area contributed by atoms with Crippen molar-refractivity contribution >= 4 is 17.3 Å². The van der Waals surface area contributed by atoms with Gasteiger partial charge in [-0.3, -0.25) is 9.59 Å². The molecule has 0 radical (unpaired) electrons. The molecule has 0 heterocycles. The Hall–Kier alpha value is -2.66. The standard InChI is InChI=1S/C16H13NO4/c1-8(18)17-11-6-7-12(19)14-13(11)15(20)9-4-2-3-5-10(9)16(14)21/h2-8,17-19H,1H3. The van der Waals surface area contributed by atoms with Gasteiger partial charge in [0.1, 0.15) is 12.0 Å². The van der Waals surface area contributed by atoms with E-state index in [9.17, 15) is 19.8 Å². The molecule has 5 heteroatoms. The highest BCUT2D eigenvalue weighted by molar-refractivity contribution is 6.31.